The number of aryl methyl sites for hydroxylation is 1. The lowest BCUT2D eigenvalue weighted by atomic mass is 9.91. The van der Waals surface area contributed by atoms with E-state index in [1.54, 1.807) is 0 Å². The minimum Gasteiger partial charge on any atom is -0.393 e. The van der Waals surface area contributed by atoms with Gasteiger partial charge in [-0.05, 0) is 50.3 Å². The highest BCUT2D eigenvalue weighted by Gasteiger charge is 2.27. The fourth-order valence-corrected chi connectivity index (χ4v) is 3.59. The van der Waals surface area contributed by atoms with Crippen LogP contribution in [0.1, 0.15) is 31.2 Å². The van der Waals surface area contributed by atoms with Crippen LogP contribution < -0.4 is 4.90 Å². The van der Waals surface area contributed by atoms with Gasteiger partial charge in [-0.15, -0.1) is 0 Å². The second-order valence-corrected chi connectivity index (χ2v) is 6.32. The molecule has 3 nitrogen and oxygen atoms in total. The van der Waals surface area contributed by atoms with Gasteiger partial charge in [0.2, 0.25) is 0 Å². The molecule has 1 saturated carbocycles. The molecule has 3 rings (SSSR count). The number of aliphatic hydroxyl groups excluding tert-OH is 1. The Morgan fingerprint density at radius 2 is 1.70 bits per heavy atom. The lowest BCUT2D eigenvalue weighted by Gasteiger charge is -2.42. The number of aliphatic hydroxyl groups is 1. The van der Waals surface area contributed by atoms with Crippen molar-refractivity contribution in [3.63, 3.8) is 0 Å². The van der Waals surface area contributed by atoms with E-state index in [2.05, 4.69) is 41.0 Å². The molecule has 2 fully saturated rings. The smallest absolute Gasteiger partial charge is 0.0541 e. The van der Waals surface area contributed by atoms with E-state index >= 15 is 0 Å². The Bertz CT molecular complexity index is 432. The van der Waals surface area contributed by atoms with E-state index in [-0.39, 0.29) is 6.10 Å². The molecular formula is C17H26N2O. The number of rotatable bonds is 2. The molecule has 2 aliphatic rings. The molecular weight excluding hydrogens is 248 g/mol. The summed E-state index contributed by atoms with van der Waals surface area (Å²) >= 11 is 0. The SMILES string of the molecule is Cc1cccc(N2CCN(C3CCC(O)CC3)CC2)c1. The molecule has 1 saturated heterocycles. The van der Waals surface area contributed by atoms with Gasteiger partial charge < -0.3 is 10.0 Å². The van der Waals surface area contributed by atoms with Gasteiger partial charge in [0, 0.05) is 37.9 Å². The van der Waals surface area contributed by atoms with Crippen LogP contribution in [-0.4, -0.2) is 48.3 Å². The van der Waals surface area contributed by atoms with Crippen LogP contribution in [0.2, 0.25) is 0 Å². The number of hydrogen-bond donors (Lipinski definition) is 1. The third-order valence-corrected chi connectivity index (χ3v) is 4.86. The fourth-order valence-electron chi connectivity index (χ4n) is 3.59. The number of nitrogens with zero attached hydrogens (tertiary/aromatic N) is 2. The van der Waals surface area contributed by atoms with E-state index in [4.69, 9.17) is 0 Å². The highest BCUT2D eigenvalue weighted by Crippen LogP contribution is 2.25. The van der Waals surface area contributed by atoms with E-state index in [0.29, 0.717) is 6.04 Å². The molecule has 0 aromatic heterocycles. The minimum absolute atomic E-state index is 0.0418. The van der Waals surface area contributed by atoms with Gasteiger partial charge in [-0.1, -0.05) is 12.1 Å². The summed E-state index contributed by atoms with van der Waals surface area (Å²) in [7, 11) is 0. The highest BCUT2D eigenvalue weighted by atomic mass is 16.3. The van der Waals surface area contributed by atoms with Gasteiger partial charge in [-0.2, -0.15) is 0 Å². The molecule has 1 aliphatic heterocycles. The van der Waals surface area contributed by atoms with Gasteiger partial charge in [0.05, 0.1) is 6.10 Å². The third kappa shape index (κ3) is 3.15. The van der Waals surface area contributed by atoms with Gasteiger partial charge in [-0.3, -0.25) is 4.90 Å². The molecule has 0 atom stereocenters. The first-order valence-electron chi connectivity index (χ1n) is 7.96. The summed E-state index contributed by atoms with van der Waals surface area (Å²) in [4.78, 5) is 5.14. The normalized spacial score (nSPS) is 28.6. The van der Waals surface area contributed by atoms with Gasteiger partial charge in [0.1, 0.15) is 0 Å². The van der Waals surface area contributed by atoms with E-state index in [9.17, 15) is 5.11 Å². The first-order valence-corrected chi connectivity index (χ1v) is 7.96. The molecule has 20 heavy (non-hydrogen) atoms. The van der Waals surface area contributed by atoms with Crippen LogP contribution in [0.25, 0.3) is 0 Å². The van der Waals surface area contributed by atoms with Gasteiger partial charge in [-0.25, -0.2) is 0 Å². The lowest BCUT2D eigenvalue weighted by molar-refractivity contribution is 0.0711. The molecule has 0 radical (unpaired) electrons. The zero-order valence-corrected chi connectivity index (χ0v) is 12.5. The van der Waals surface area contributed by atoms with E-state index in [0.717, 1.165) is 39.0 Å². The van der Waals surface area contributed by atoms with Crippen LogP contribution in [0, 0.1) is 6.92 Å². The van der Waals surface area contributed by atoms with Crippen molar-refractivity contribution in [3.8, 4) is 0 Å². The standard InChI is InChI=1S/C17H26N2O/c1-14-3-2-4-16(13-14)19-11-9-18(10-12-19)15-5-7-17(20)8-6-15/h2-4,13,15,17,20H,5-12H2,1H3. The predicted octanol–water partition coefficient (Wildman–Crippen LogP) is 2.42. The Kier molecular flexibility index (Phi) is 4.27. The third-order valence-electron chi connectivity index (χ3n) is 4.86. The second kappa shape index (κ2) is 6.15. The predicted molar refractivity (Wildman–Crippen MR) is 83.2 cm³/mol. The summed E-state index contributed by atoms with van der Waals surface area (Å²) in [6.07, 6.45) is 4.28. The molecule has 0 bridgehead atoms. The largest absolute Gasteiger partial charge is 0.393 e. The Morgan fingerprint density at radius 3 is 2.35 bits per heavy atom. The van der Waals surface area contributed by atoms with Crippen LogP contribution in [0.3, 0.4) is 0 Å². The van der Waals surface area contributed by atoms with Crippen molar-refractivity contribution in [3.05, 3.63) is 29.8 Å². The van der Waals surface area contributed by atoms with Crippen molar-refractivity contribution in [2.24, 2.45) is 0 Å². The second-order valence-electron chi connectivity index (χ2n) is 6.32. The molecule has 1 aliphatic carbocycles. The van der Waals surface area contributed by atoms with E-state index < -0.39 is 0 Å². The van der Waals surface area contributed by atoms with Crippen LogP contribution in [0.5, 0.6) is 0 Å². The Morgan fingerprint density at radius 1 is 1.00 bits per heavy atom. The maximum atomic E-state index is 9.62. The monoisotopic (exact) mass is 274 g/mol. The summed E-state index contributed by atoms with van der Waals surface area (Å²) in [5, 5.41) is 9.62. The van der Waals surface area contributed by atoms with Crippen molar-refractivity contribution in [1.29, 1.82) is 0 Å². The zero-order chi connectivity index (χ0) is 13.9. The molecule has 1 heterocycles. The summed E-state index contributed by atoms with van der Waals surface area (Å²) in [5.74, 6) is 0. The number of piperazine rings is 1. The Labute approximate surface area is 122 Å². The first-order chi connectivity index (χ1) is 9.72. The molecule has 110 valence electrons. The van der Waals surface area contributed by atoms with Crippen molar-refractivity contribution >= 4 is 5.69 Å². The van der Waals surface area contributed by atoms with Crippen molar-refractivity contribution < 1.29 is 5.11 Å². The first kappa shape index (κ1) is 13.9. The molecule has 0 spiro atoms. The number of anilines is 1. The van der Waals surface area contributed by atoms with Gasteiger partial charge >= 0.3 is 0 Å². The molecule has 1 aromatic carbocycles. The summed E-state index contributed by atoms with van der Waals surface area (Å²) in [5.41, 5.74) is 2.70. The maximum Gasteiger partial charge on any atom is 0.0541 e. The van der Waals surface area contributed by atoms with Crippen molar-refractivity contribution in [1.82, 2.24) is 4.90 Å². The fraction of sp³-hybridized carbons (Fsp3) is 0.647. The summed E-state index contributed by atoms with van der Waals surface area (Å²) in [6, 6.07) is 9.52. The molecule has 3 heteroatoms. The summed E-state index contributed by atoms with van der Waals surface area (Å²) in [6.45, 7) is 6.74. The molecule has 1 N–H and O–H groups in total. The van der Waals surface area contributed by atoms with Crippen LogP contribution in [0.15, 0.2) is 24.3 Å². The maximum absolute atomic E-state index is 9.62. The highest BCUT2D eigenvalue weighted by molar-refractivity contribution is 5.48. The quantitative estimate of drug-likeness (QED) is 0.897. The average Bonchev–Trinajstić information content (AvgIpc) is 2.48. The Hall–Kier alpha value is -1.06. The van der Waals surface area contributed by atoms with Gasteiger partial charge in [0.25, 0.3) is 0 Å². The van der Waals surface area contributed by atoms with Crippen molar-refractivity contribution in [2.75, 3.05) is 31.1 Å². The summed E-state index contributed by atoms with van der Waals surface area (Å²) < 4.78 is 0. The van der Waals surface area contributed by atoms with Crippen molar-refractivity contribution in [2.45, 2.75) is 44.8 Å². The topological polar surface area (TPSA) is 26.7 Å². The average molecular weight is 274 g/mol. The van der Waals surface area contributed by atoms with Gasteiger partial charge in [0.15, 0.2) is 0 Å². The number of hydrogen-bond acceptors (Lipinski definition) is 3. The molecule has 0 unspecified atom stereocenters. The lowest BCUT2D eigenvalue weighted by Crippen LogP contribution is -2.51. The van der Waals surface area contributed by atoms with E-state index in [1.165, 1.54) is 24.1 Å². The van der Waals surface area contributed by atoms with Crippen LogP contribution >= 0.6 is 0 Å². The minimum atomic E-state index is -0.0418. The van der Waals surface area contributed by atoms with Crippen LogP contribution in [0.4, 0.5) is 5.69 Å². The molecule has 0 amide bonds. The van der Waals surface area contributed by atoms with E-state index in [1.807, 2.05) is 0 Å². The zero-order valence-electron chi connectivity index (χ0n) is 12.5. The number of benzene rings is 1. The van der Waals surface area contributed by atoms with Crippen LogP contribution in [-0.2, 0) is 0 Å². The Balaban J connectivity index is 1.54. The molecule has 1 aromatic rings.